The second-order valence-electron chi connectivity index (χ2n) is 5.14. The van der Waals surface area contributed by atoms with Crippen molar-refractivity contribution in [1.82, 2.24) is 20.4 Å². The fraction of sp³-hybridized carbons (Fsp3) is 0.308. The minimum Gasteiger partial charge on any atom is -0.505 e. The van der Waals surface area contributed by atoms with Crippen LogP contribution < -0.4 is 11.3 Å². The van der Waals surface area contributed by atoms with E-state index in [1.807, 2.05) is 0 Å². The van der Waals surface area contributed by atoms with Crippen molar-refractivity contribution in [2.24, 2.45) is 10.8 Å². The van der Waals surface area contributed by atoms with Gasteiger partial charge in [0.15, 0.2) is 0 Å². The Balaban J connectivity index is 2.23. The van der Waals surface area contributed by atoms with Crippen molar-refractivity contribution in [2.45, 2.75) is 26.1 Å². The number of nitrogens with two attached hydrogens (primary N) is 1. The summed E-state index contributed by atoms with van der Waals surface area (Å²) in [6.45, 7) is 1.15. The number of hydrogen-bond donors (Lipinski definition) is 6. The Bertz CT molecular complexity index is 775. The summed E-state index contributed by atoms with van der Waals surface area (Å²) >= 11 is 0. The van der Waals surface area contributed by atoms with Gasteiger partial charge in [-0.05, 0) is 6.92 Å². The molecule has 7 N–H and O–H groups in total. The lowest BCUT2D eigenvalue weighted by Gasteiger charge is -2.13. The maximum Gasteiger partial charge on any atom is 0.469 e. The third kappa shape index (κ3) is 5.71. The molecule has 2 heterocycles. The van der Waals surface area contributed by atoms with E-state index in [0.29, 0.717) is 12.1 Å². The van der Waals surface area contributed by atoms with Crippen LogP contribution in [0.5, 0.6) is 5.75 Å². The highest BCUT2D eigenvalue weighted by atomic mass is 31.2. The minimum absolute atomic E-state index is 0.159. The van der Waals surface area contributed by atoms with E-state index in [1.165, 1.54) is 18.7 Å². The minimum atomic E-state index is -4.66. The van der Waals surface area contributed by atoms with Crippen LogP contribution in [0.15, 0.2) is 23.7 Å². The van der Waals surface area contributed by atoms with Gasteiger partial charge in [-0.3, -0.25) is 20.3 Å². The van der Waals surface area contributed by atoms with E-state index in [0.717, 1.165) is 5.69 Å². The molecule has 136 valence electrons. The molecule has 0 bridgehead atoms. The molecule has 0 saturated heterocycles. The number of aromatic hydroxyl groups is 1. The number of pyridine rings is 1. The maximum atomic E-state index is 10.9. The number of hydrazine groups is 1. The number of aliphatic imine (C=N–C) groups is 1. The van der Waals surface area contributed by atoms with Gasteiger partial charge in [0.05, 0.1) is 18.6 Å². The van der Waals surface area contributed by atoms with Gasteiger partial charge >= 0.3 is 7.82 Å². The normalized spacial score (nSPS) is 13.4. The molecule has 25 heavy (non-hydrogen) atoms. The Hall–Kier alpha value is -2.14. The number of phosphoric acid groups is 1. The number of aromatic amines is 1. The van der Waals surface area contributed by atoms with E-state index < -0.39 is 20.6 Å². The van der Waals surface area contributed by atoms with Crippen LogP contribution in [0, 0.1) is 6.92 Å². The third-order valence-electron chi connectivity index (χ3n) is 3.29. The summed E-state index contributed by atoms with van der Waals surface area (Å²) in [7, 11) is -4.66. The van der Waals surface area contributed by atoms with Crippen LogP contribution in [0.25, 0.3) is 0 Å². The Labute approximate surface area is 143 Å². The number of nitrogens with zero attached hydrogens (tertiary/aromatic N) is 3. The summed E-state index contributed by atoms with van der Waals surface area (Å²) in [5, 5.41) is 10.2. The number of aromatic nitrogens is 3. The van der Waals surface area contributed by atoms with Crippen molar-refractivity contribution in [3.8, 4) is 5.75 Å². The monoisotopic (exact) mass is 370 g/mol. The lowest BCUT2D eigenvalue weighted by atomic mass is 10.1. The molecule has 11 nitrogen and oxygen atoms in total. The smallest absolute Gasteiger partial charge is 0.469 e. The first-order chi connectivity index (χ1) is 11.8. The first-order valence-electron chi connectivity index (χ1n) is 7.14. The van der Waals surface area contributed by atoms with Gasteiger partial charge in [0.25, 0.3) is 0 Å². The van der Waals surface area contributed by atoms with Crippen LogP contribution in [-0.4, -0.2) is 42.2 Å². The van der Waals surface area contributed by atoms with Gasteiger partial charge in [0.1, 0.15) is 11.9 Å². The maximum absolute atomic E-state index is 10.9. The molecule has 12 heteroatoms. The molecule has 0 amide bonds. The van der Waals surface area contributed by atoms with Gasteiger partial charge in [0.2, 0.25) is 0 Å². The number of phosphoric ester groups is 1. The summed E-state index contributed by atoms with van der Waals surface area (Å²) in [5.74, 6) is 5.32. The molecule has 2 aromatic heterocycles. The number of H-pyrrole nitrogens is 1. The quantitative estimate of drug-likeness (QED) is 0.160. The van der Waals surface area contributed by atoms with Crippen LogP contribution in [0.3, 0.4) is 0 Å². The molecule has 0 aliphatic rings. The molecular formula is C13H19N6O5P. The number of hydrogen-bond acceptors (Lipinski definition) is 8. The Morgan fingerprint density at radius 3 is 2.88 bits per heavy atom. The summed E-state index contributed by atoms with van der Waals surface area (Å²) in [6, 6.07) is 0. The predicted molar refractivity (Wildman–Crippen MR) is 88.5 cm³/mol. The van der Waals surface area contributed by atoms with E-state index in [-0.39, 0.29) is 16.9 Å². The zero-order valence-corrected chi connectivity index (χ0v) is 14.2. The lowest BCUT2D eigenvalue weighted by molar-refractivity contribution is 0.188. The highest BCUT2D eigenvalue weighted by Gasteiger charge is 2.17. The van der Waals surface area contributed by atoms with Crippen molar-refractivity contribution in [2.75, 3.05) is 0 Å². The Morgan fingerprint density at radius 2 is 2.28 bits per heavy atom. The molecule has 0 spiro atoms. The molecule has 0 aromatic carbocycles. The van der Waals surface area contributed by atoms with Crippen LogP contribution in [0.1, 0.15) is 22.5 Å². The first kappa shape index (κ1) is 19.2. The van der Waals surface area contributed by atoms with Crippen LogP contribution in [-0.2, 0) is 22.1 Å². The van der Waals surface area contributed by atoms with E-state index in [9.17, 15) is 9.67 Å². The fourth-order valence-corrected chi connectivity index (χ4v) is 2.30. The lowest BCUT2D eigenvalue weighted by Crippen LogP contribution is -2.35. The number of nitrogens with one attached hydrogen (secondary N) is 2. The van der Waals surface area contributed by atoms with Crippen molar-refractivity contribution in [1.29, 1.82) is 0 Å². The topological polar surface area (TPSA) is 179 Å². The molecule has 0 fully saturated rings. The molecule has 0 radical (unpaired) electrons. The second kappa shape index (κ2) is 8.30. The number of rotatable bonds is 8. The molecule has 0 saturated carbocycles. The third-order valence-corrected chi connectivity index (χ3v) is 3.76. The second-order valence-corrected chi connectivity index (χ2v) is 6.38. The molecular weight excluding hydrogens is 351 g/mol. The van der Waals surface area contributed by atoms with E-state index in [2.05, 4.69) is 29.9 Å². The van der Waals surface area contributed by atoms with Gasteiger partial charge in [-0.15, -0.1) is 0 Å². The van der Waals surface area contributed by atoms with Gasteiger partial charge in [-0.25, -0.2) is 15.0 Å². The zero-order chi connectivity index (χ0) is 18.4. The Morgan fingerprint density at radius 1 is 1.52 bits per heavy atom. The summed E-state index contributed by atoms with van der Waals surface area (Å²) in [6.07, 6.45) is 5.78. The molecule has 0 unspecified atom stereocenters. The Kier molecular flexibility index (Phi) is 6.37. The van der Waals surface area contributed by atoms with Crippen LogP contribution in [0.4, 0.5) is 0 Å². The fourth-order valence-electron chi connectivity index (χ4n) is 1.99. The van der Waals surface area contributed by atoms with Gasteiger partial charge < -0.3 is 19.9 Å². The van der Waals surface area contributed by atoms with Crippen molar-refractivity contribution < 1.29 is 24.0 Å². The molecule has 0 aliphatic heterocycles. The van der Waals surface area contributed by atoms with Crippen molar-refractivity contribution >= 4 is 14.0 Å². The summed E-state index contributed by atoms with van der Waals surface area (Å²) in [4.78, 5) is 32.7. The SMILES string of the molecule is Cc1ncc(COP(=O)(O)O)c(/C=N/[C@@H](Cc2cnc[nH]2)NN)c1O. The molecule has 0 aliphatic carbocycles. The summed E-state index contributed by atoms with van der Waals surface area (Å²) < 4.78 is 15.3. The van der Waals surface area contributed by atoms with Crippen molar-refractivity contribution in [3.05, 3.63) is 41.2 Å². The van der Waals surface area contributed by atoms with E-state index in [4.69, 9.17) is 15.6 Å². The average molecular weight is 370 g/mol. The van der Waals surface area contributed by atoms with Crippen LogP contribution in [0.2, 0.25) is 0 Å². The van der Waals surface area contributed by atoms with Gasteiger partial charge in [-0.2, -0.15) is 0 Å². The number of imidazole rings is 1. The number of aryl methyl sites for hydroxylation is 1. The van der Waals surface area contributed by atoms with Crippen LogP contribution >= 0.6 is 7.82 Å². The first-order valence-corrected chi connectivity index (χ1v) is 8.67. The van der Waals surface area contributed by atoms with Crippen molar-refractivity contribution in [3.63, 3.8) is 0 Å². The predicted octanol–water partition coefficient (Wildman–Crippen LogP) is -0.121. The largest absolute Gasteiger partial charge is 0.505 e. The standard InChI is InChI=1S/C13H19N6O5P/c1-8-13(20)11(9(3-16-8)6-24-25(21,22)23)5-17-12(19-14)2-10-4-15-7-18-10/h3-5,7,12,19-20H,2,6,14H2,1H3,(H,15,18)(H2,21,22,23)/b17-5+/t12-/m1/s1. The summed E-state index contributed by atoms with van der Waals surface area (Å²) in [5.41, 5.74) is 4.18. The van der Waals surface area contributed by atoms with E-state index >= 15 is 0 Å². The van der Waals surface area contributed by atoms with Gasteiger partial charge in [-0.1, -0.05) is 0 Å². The zero-order valence-electron chi connectivity index (χ0n) is 13.3. The van der Waals surface area contributed by atoms with E-state index in [1.54, 1.807) is 13.1 Å². The molecule has 2 rings (SSSR count). The highest BCUT2D eigenvalue weighted by Crippen LogP contribution is 2.37. The van der Waals surface area contributed by atoms with Gasteiger partial charge in [0, 0.05) is 41.8 Å². The molecule has 2 aromatic rings. The molecule has 1 atom stereocenters. The highest BCUT2D eigenvalue weighted by molar-refractivity contribution is 7.46. The average Bonchev–Trinajstić information content (AvgIpc) is 3.06.